The first-order chi connectivity index (χ1) is 17.0. The van der Waals surface area contributed by atoms with E-state index < -0.39 is 17.0 Å². The van der Waals surface area contributed by atoms with E-state index in [1.54, 1.807) is 0 Å². The van der Waals surface area contributed by atoms with Crippen LogP contribution in [0.3, 0.4) is 0 Å². The van der Waals surface area contributed by atoms with Gasteiger partial charge in [-0.1, -0.05) is 71.9 Å². The zero-order valence-electron chi connectivity index (χ0n) is 19.2. The lowest BCUT2D eigenvalue weighted by molar-refractivity contribution is -0.117. The van der Waals surface area contributed by atoms with Crippen LogP contribution in [0.2, 0.25) is 0 Å². The van der Waals surface area contributed by atoms with Crippen LogP contribution in [0.25, 0.3) is 0 Å². The Morgan fingerprint density at radius 3 is 2.46 bits per heavy atom. The molecule has 0 radical (unpaired) electrons. The lowest BCUT2D eigenvalue weighted by atomic mass is 10.1. The number of amides is 2. The van der Waals surface area contributed by atoms with E-state index in [9.17, 15) is 19.2 Å². The van der Waals surface area contributed by atoms with Crippen LogP contribution in [0, 0.1) is 24.1 Å². The fourth-order valence-electron chi connectivity index (χ4n) is 3.92. The number of benzene rings is 3. The molecule has 0 aliphatic carbocycles. The summed E-state index contributed by atoms with van der Waals surface area (Å²) in [6.07, 6.45) is 1.06. The molecule has 176 valence electrons. The Morgan fingerprint density at radius 1 is 1.06 bits per heavy atom. The van der Waals surface area contributed by atoms with E-state index in [-0.39, 0.29) is 16.5 Å². The Labute approximate surface area is 208 Å². The quantitative estimate of drug-likeness (QED) is 0.381. The number of anilines is 1. The highest BCUT2D eigenvalue weighted by molar-refractivity contribution is 8.05. The molecule has 1 aliphatic heterocycles. The first kappa shape index (κ1) is 24.2. The standard InChI is InChI=1S/C28H24FN3O2S/c1-19-6-5-9-21(16-19)17-25-27(34)32(23-12-10-22(29)11-13-23)28(35-25)24(18-30)26(33)31-15-14-20-7-3-2-4-8-20/h2-13,16,25H,14-15,17H2,1H3,(H,31,33)/b28-24-/t25-/m1/s1. The van der Waals surface area contributed by atoms with Gasteiger partial charge in [0.1, 0.15) is 22.5 Å². The van der Waals surface area contributed by atoms with Crippen LogP contribution in [0.5, 0.6) is 0 Å². The lowest BCUT2D eigenvalue weighted by Crippen LogP contribution is -2.32. The number of rotatable bonds is 7. The van der Waals surface area contributed by atoms with Gasteiger partial charge in [-0.3, -0.25) is 14.5 Å². The molecule has 7 heteroatoms. The Kier molecular flexibility index (Phi) is 7.64. The minimum Gasteiger partial charge on any atom is -0.351 e. The van der Waals surface area contributed by atoms with Gasteiger partial charge in [0.2, 0.25) is 5.91 Å². The Morgan fingerprint density at radius 2 is 1.77 bits per heavy atom. The monoisotopic (exact) mass is 485 g/mol. The fraction of sp³-hybridized carbons (Fsp3) is 0.179. The summed E-state index contributed by atoms with van der Waals surface area (Å²) >= 11 is 1.20. The summed E-state index contributed by atoms with van der Waals surface area (Å²) in [5.74, 6) is -1.22. The van der Waals surface area contributed by atoms with Gasteiger partial charge in [-0.15, -0.1) is 0 Å². The molecule has 4 rings (SSSR count). The number of hydrogen-bond acceptors (Lipinski definition) is 4. The molecular weight excluding hydrogens is 461 g/mol. The van der Waals surface area contributed by atoms with Gasteiger partial charge < -0.3 is 5.32 Å². The van der Waals surface area contributed by atoms with E-state index in [0.29, 0.717) is 25.1 Å². The van der Waals surface area contributed by atoms with Crippen molar-refractivity contribution in [3.63, 3.8) is 0 Å². The molecular formula is C28H24FN3O2S. The zero-order chi connectivity index (χ0) is 24.8. The molecule has 3 aromatic carbocycles. The molecule has 1 atom stereocenters. The first-order valence-electron chi connectivity index (χ1n) is 11.2. The third-order valence-electron chi connectivity index (χ3n) is 5.64. The van der Waals surface area contributed by atoms with Crippen LogP contribution in [0.1, 0.15) is 16.7 Å². The highest BCUT2D eigenvalue weighted by Crippen LogP contribution is 2.42. The molecule has 1 fully saturated rings. The maximum atomic E-state index is 13.6. The van der Waals surface area contributed by atoms with Crippen molar-refractivity contribution in [2.24, 2.45) is 0 Å². The SMILES string of the molecule is Cc1cccc(C[C@H]2S/C(=C(/C#N)C(=O)NCCc3ccccc3)N(c3ccc(F)cc3)C2=O)c1. The molecule has 2 amide bonds. The second-order valence-electron chi connectivity index (χ2n) is 8.23. The van der Waals surface area contributed by atoms with E-state index in [1.807, 2.05) is 67.6 Å². The summed E-state index contributed by atoms with van der Waals surface area (Å²) < 4.78 is 13.6. The van der Waals surface area contributed by atoms with Crippen molar-refractivity contribution in [1.29, 1.82) is 5.26 Å². The number of carbonyl (C=O) groups is 2. The molecule has 0 unspecified atom stereocenters. The van der Waals surface area contributed by atoms with Crippen molar-refractivity contribution in [3.8, 4) is 6.07 Å². The normalized spacial score (nSPS) is 16.7. The predicted octanol–water partition coefficient (Wildman–Crippen LogP) is 4.92. The lowest BCUT2D eigenvalue weighted by Gasteiger charge is -2.18. The summed E-state index contributed by atoms with van der Waals surface area (Å²) in [4.78, 5) is 27.8. The average molecular weight is 486 g/mol. The third-order valence-corrected chi connectivity index (χ3v) is 6.90. The number of hydrogen-bond donors (Lipinski definition) is 1. The van der Waals surface area contributed by atoms with Gasteiger partial charge in [-0.25, -0.2) is 4.39 Å². The van der Waals surface area contributed by atoms with Crippen LogP contribution in [-0.4, -0.2) is 23.6 Å². The Hall–Kier alpha value is -3.89. The number of halogens is 1. The molecule has 3 aromatic rings. The molecule has 5 nitrogen and oxygen atoms in total. The van der Waals surface area contributed by atoms with E-state index in [2.05, 4.69) is 5.32 Å². The van der Waals surface area contributed by atoms with Crippen molar-refractivity contribution < 1.29 is 14.0 Å². The van der Waals surface area contributed by atoms with Crippen LogP contribution < -0.4 is 10.2 Å². The highest BCUT2D eigenvalue weighted by Gasteiger charge is 2.40. The van der Waals surface area contributed by atoms with Gasteiger partial charge in [0.05, 0.1) is 5.25 Å². The number of nitrogens with one attached hydrogen (secondary N) is 1. The van der Waals surface area contributed by atoms with Crippen LogP contribution in [0.15, 0.2) is 89.5 Å². The molecule has 1 aliphatic rings. The smallest absolute Gasteiger partial charge is 0.264 e. The van der Waals surface area contributed by atoms with E-state index in [0.717, 1.165) is 16.7 Å². The summed E-state index contributed by atoms with van der Waals surface area (Å²) in [5, 5.41) is 12.4. The molecule has 1 N–H and O–H groups in total. The molecule has 0 bridgehead atoms. The minimum absolute atomic E-state index is 0.132. The van der Waals surface area contributed by atoms with E-state index in [4.69, 9.17) is 0 Å². The molecule has 0 aromatic heterocycles. The summed E-state index contributed by atoms with van der Waals surface area (Å²) in [5.41, 5.74) is 3.42. The van der Waals surface area contributed by atoms with Gasteiger partial charge >= 0.3 is 0 Å². The number of nitriles is 1. The van der Waals surface area contributed by atoms with Gasteiger partial charge in [0.25, 0.3) is 5.91 Å². The second kappa shape index (κ2) is 11.0. The fourth-order valence-corrected chi connectivity index (χ4v) is 5.23. The average Bonchev–Trinajstić information content (AvgIpc) is 3.16. The predicted molar refractivity (Wildman–Crippen MR) is 136 cm³/mol. The minimum atomic E-state index is -0.540. The van der Waals surface area contributed by atoms with Gasteiger partial charge in [-0.2, -0.15) is 5.26 Å². The topological polar surface area (TPSA) is 73.2 Å². The van der Waals surface area contributed by atoms with Crippen LogP contribution >= 0.6 is 11.8 Å². The Bertz CT molecular complexity index is 1300. The third kappa shape index (κ3) is 5.79. The molecule has 1 heterocycles. The molecule has 0 saturated carbocycles. The maximum absolute atomic E-state index is 13.6. The first-order valence-corrected chi connectivity index (χ1v) is 12.1. The zero-order valence-corrected chi connectivity index (χ0v) is 20.0. The number of thioether (sulfide) groups is 1. The number of carbonyl (C=O) groups excluding carboxylic acids is 2. The highest BCUT2D eigenvalue weighted by atomic mass is 32.2. The number of nitrogens with zero attached hydrogens (tertiary/aromatic N) is 2. The molecule has 0 spiro atoms. The van der Waals surface area contributed by atoms with Crippen molar-refractivity contribution in [3.05, 3.63) is 112 Å². The van der Waals surface area contributed by atoms with Crippen molar-refractivity contribution in [2.75, 3.05) is 11.4 Å². The van der Waals surface area contributed by atoms with E-state index >= 15 is 0 Å². The number of aryl methyl sites for hydroxylation is 1. The largest absolute Gasteiger partial charge is 0.351 e. The maximum Gasteiger partial charge on any atom is 0.264 e. The molecule has 35 heavy (non-hydrogen) atoms. The Balaban J connectivity index is 1.62. The van der Waals surface area contributed by atoms with Crippen LogP contribution in [0.4, 0.5) is 10.1 Å². The van der Waals surface area contributed by atoms with Gasteiger partial charge in [0.15, 0.2) is 0 Å². The summed E-state index contributed by atoms with van der Waals surface area (Å²) in [6.45, 7) is 2.33. The van der Waals surface area contributed by atoms with E-state index in [1.165, 1.54) is 40.9 Å². The van der Waals surface area contributed by atoms with Crippen molar-refractivity contribution in [2.45, 2.75) is 25.0 Å². The van der Waals surface area contributed by atoms with Crippen molar-refractivity contribution in [1.82, 2.24) is 5.32 Å². The second-order valence-corrected chi connectivity index (χ2v) is 9.42. The van der Waals surface area contributed by atoms with Gasteiger partial charge in [0, 0.05) is 12.2 Å². The van der Waals surface area contributed by atoms with Crippen molar-refractivity contribution >= 4 is 29.3 Å². The summed E-state index contributed by atoms with van der Waals surface area (Å²) in [7, 11) is 0. The van der Waals surface area contributed by atoms with Gasteiger partial charge in [-0.05, 0) is 55.2 Å². The van der Waals surface area contributed by atoms with Crippen LogP contribution in [-0.2, 0) is 22.4 Å². The summed E-state index contributed by atoms with van der Waals surface area (Å²) in [6, 6.07) is 25.0. The molecule has 1 saturated heterocycles.